The van der Waals surface area contributed by atoms with Gasteiger partial charge in [-0.15, -0.1) is 0 Å². The van der Waals surface area contributed by atoms with Crippen molar-refractivity contribution in [2.24, 2.45) is 5.73 Å². The molecule has 1 atom stereocenters. The minimum atomic E-state index is -0.322. The molecule has 1 amide bonds. The van der Waals surface area contributed by atoms with Gasteiger partial charge in [-0.05, 0) is 26.3 Å². The normalized spacial score (nSPS) is 21.6. The molecule has 0 bridgehead atoms. The van der Waals surface area contributed by atoms with E-state index in [1.54, 1.807) is 6.33 Å². The van der Waals surface area contributed by atoms with E-state index in [2.05, 4.69) is 25.8 Å². The van der Waals surface area contributed by atoms with E-state index in [1.165, 1.54) is 19.3 Å². The van der Waals surface area contributed by atoms with Gasteiger partial charge in [0.05, 0.1) is 19.3 Å². The van der Waals surface area contributed by atoms with Crippen molar-refractivity contribution in [3.63, 3.8) is 0 Å². The number of anilines is 2. The van der Waals surface area contributed by atoms with Crippen LogP contribution in [0, 0.1) is 0 Å². The average Bonchev–Trinajstić information content (AvgIpc) is 2.62. The maximum absolute atomic E-state index is 11.0. The molecule has 8 heteroatoms. The second kappa shape index (κ2) is 8.44. The molecule has 1 aromatic heterocycles. The molecule has 8 nitrogen and oxygen atoms in total. The van der Waals surface area contributed by atoms with Crippen LogP contribution in [0.2, 0.25) is 0 Å². The highest BCUT2D eigenvalue weighted by atomic mass is 16.5. The van der Waals surface area contributed by atoms with Crippen molar-refractivity contribution in [3.05, 3.63) is 12.4 Å². The Balaban J connectivity index is 1.62. The Morgan fingerprint density at radius 1 is 1.24 bits per heavy atom. The number of piperidine rings is 1. The predicted octanol–water partition coefficient (Wildman–Crippen LogP) is 0.0892. The number of nitrogens with two attached hydrogens (primary N) is 1. The van der Waals surface area contributed by atoms with Crippen LogP contribution in [-0.2, 0) is 9.53 Å². The number of nitrogens with zero attached hydrogens (tertiary/aromatic N) is 5. The van der Waals surface area contributed by atoms with Gasteiger partial charge in [0.2, 0.25) is 5.91 Å². The van der Waals surface area contributed by atoms with E-state index in [0.29, 0.717) is 13.2 Å². The van der Waals surface area contributed by atoms with E-state index < -0.39 is 0 Å². The van der Waals surface area contributed by atoms with E-state index in [1.807, 2.05) is 11.9 Å². The van der Waals surface area contributed by atoms with Gasteiger partial charge in [0.15, 0.2) is 0 Å². The lowest BCUT2D eigenvalue weighted by molar-refractivity contribution is -0.119. The van der Waals surface area contributed by atoms with E-state index in [9.17, 15) is 4.79 Å². The lowest BCUT2D eigenvalue weighted by Crippen LogP contribution is -2.48. The van der Waals surface area contributed by atoms with E-state index in [-0.39, 0.29) is 18.6 Å². The fourth-order valence-electron chi connectivity index (χ4n) is 3.52. The minimum Gasteiger partial charge on any atom is -0.373 e. The number of morpholine rings is 1. The van der Waals surface area contributed by atoms with Gasteiger partial charge in [-0.3, -0.25) is 9.69 Å². The van der Waals surface area contributed by atoms with Crippen LogP contribution in [0.1, 0.15) is 19.3 Å². The highest BCUT2D eigenvalue weighted by Gasteiger charge is 2.24. The second-order valence-corrected chi connectivity index (χ2v) is 6.88. The largest absolute Gasteiger partial charge is 0.373 e. The molecule has 0 spiro atoms. The molecule has 3 heterocycles. The van der Waals surface area contributed by atoms with Crippen LogP contribution in [-0.4, -0.2) is 79.8 Å². The molecule has 2 N–H and O–H groups in total. The lowest BCUT2D eigenvalue weighted by Gasteiger charge is -2.36. The molecule has 138 valence electrons. The average molecular weight is 348 g/mol. The quantitative estimate of drug-likeness (QED) is 0.779. The summed E-state index contributed by atoms with van der Waals surface area (Å²) in [7, 11) is 1.88. The van der Waals surface area contributed by atoms with E-state index in [0.717, 1.165) is 37.8 Å². The summed E-state index contributed by atoms with van der Waals surface area (Å²) in [5.74, 6) is 1.64. The van der Waals surface area contributed by atoms with Gasteiger partial charge in [-0.2, -0.15) is 0 Å². The Kier molecular flexibility index (Phi) is 6.04. The Morgan fingerprint density at radius 2 is 1.96 bits per heavy atom. The zero-order valence-corrected chi connectivity index (χ0v) is 14.9. The molecular weight excluding hydrogens is 320 g/mol. The van der Waals surface area contributed by atoms with Gasteiger partial charge < -0.3 is 20.3 Å². The van der Waals surface area contributed by atoms with Crippen molar-refractivity contribution in [3.8, 4) is 0 Å². The first-order chi connectivity index (χ1) is 12.1. The van der Waals surface area contributed by atoms with Crippen LogP contribution in [0.5, 0.6) is 0 Å². The summed E-state index contributed by atoms with van der Waals surface area (Å²) in [6.07, 6.45) is 5.45. The lowest BCUT2D eigenvalue weighted by atomic mass is 10.1. The second-order valence-electron chi connectivity index (χ2n) is 6.88. The van der Waals surface area contributed by atoms with Crippen molar-refractivity contribution >= 4 is 17.5 Å². The van der Waals surface area contributed by atoms with Gasteiger partial charge in [0.1, 0.15) is 18.0 Å². The van der Waals surface area contributed by atoms with Crippen LogP contribution < -0.4 is 15.5 Å². The zero-order valence-electron chi connectivity index (χ0n) is 14.9. The van der Waals surface area contributed by atoms with Crippen molar-refractivity contribution in [1.29, 1.82) is 0 Å². The monoisotopic (exact) mass is 348 g/mol. The first-order valence-electron chi connectivity index (χ1n) is 9.02. The number of likely N-dealkylation sites (N-methyl/N-ethyl adjacent to an activating group) is 1. The highest BCUT2D eigenvalue weighted by Crippen LogP contribution is 2.22. The highest BCUT2D eigenvalue weighted by molar-refractivity contribution is 5.75. The van der Waals surface area contributed by atoms with Crippen molar-refractivity contribution in [2.75, 3.05) is 62.7 Å². The summed E-state index contributed by atoms with van der Waals surface area (Å²) >= 11 is 0. The Hall–Kier alpha value is -1.93. The molecule has 25 heavy (non-hydrogen) atoms. The van der Waals surface area contributed by atoms with Crippen molar-refractivity contribution in [1.82, 2.24) is 14.9 Å². The summed E-state index contributed by atoms with van der Waals surface area (Å²) in [6, 6.07) is 2.08. The molecule has 2 fully saturated rings. The van der Waals surface area contributed by atoms with Crippen LogP contribution in [0.4, 0.5) is 11.6 Å². The Morgan fingerprint density at radius 3 is 2.68 bits per heavy atom. The van der Waals surface area contributed by atoms with Gasteiger partial charge in [-0.1, -0.05) is 0 Å². The van der Waals surface area contributed by atoms with Gasteiger partial charge in [0.25, 0.3) is 0 Å². The predicted molar refractivity (Wildman–Crippen MR) is 96.7 cm³/mol. The fraction of sp³-hybridized carbons (Fsp3) is 0.706. The summed E-state index contributed by atoms with van der Waals surface area (Å²) in [6.45, 7) is 5.26. The number of primary amides is 1. The van der Waals surface area contributed by atoms with Crippen molar-refractivity contribution < 1.29 is 9.53 Å². The molecule has 2 saturated heterocycles. The zero-order chi connectivity index (χ0) is 17.6. The van der Waals surface area contributed by atoms with Crippen molar-refractivity contribution in [2.45, 2.75) is 25.4 Å². The SMILES string of the molecule is CN(CC(N)=O)CC1CN(c2cc(N3CCCCC3)ncn2)CCO1. The number of carbonyl (C=O) groups is 1. The fourth-order valence-corrected chi connectivity index (χ4v) is 3.52. The molecule has 1 unspecified atom stereocenters. The maximum atomic E-state index is 11.0. The Labute approximate surface area is 148 Å². The first-order valence-corrected chi connectivity index (χ1v) is 9.02. The maximum Gasteiger partial charge on any atom is 0.231 e. The van der Waals surface area contributed by atoms with Gasteiger partial charge >= 0.3 is 0 Å². The van der Waals surface area contributed by atoms with Gasteiger partial charge in [-0.25, -0.2) is 9.97 Å². The molecule has 2 aliphatic rings. The number of hydrogen-bond donors (Lipinski definition) is 1. The topological polar surface area (TPSA) is 87.8 Å². The number of aromatic nitrogens is 2. The minimum absolute atomic E-state index is 0.0338. The van der Waals surface area contributed by atoms with Gasteiger partial charge in [0, 0.05) is 38.8 Å². The molecule has 0 saturated carbocycles. The van der Waals surface area contributed by atoms with Crippen LogP contribution in [0.15, 0.2) is 12.4 Å². The molecule has 2 aliphatic heterocycles. The third-order valence-electron chi connectivity index (χ3n) is 4.72. The summed E-state index contributed by atoms with van der Waals surface area (Å²) in [4.78, 5) is 26.4. The molecule has 3 rings (SSSR count). The molecule has 0 aromatic carbocycles. The standard InChI is InChI=1S/C17H28N6O2/c1-21(12-15(18)24)10-14-11-23(7-8-25-14)17-9-16(19-13-20-17)22-5-3-2-4-6-22/h9,13-14H,2-8,10-12H2,1H3,(H2,18,24). The van der Waals surface area contributed by atoms with E-state index in [4.69, 9.17) is 10.5 Å². The number of ether oxygens (including phenoxy) is 1. The first kappa shape index (κ1) is 17.9. The molecule has 0 radical (unpaired) electrons. The molecular formula is C17H28N6O2. The summed E-state index contributed by atoms with van der Waals surface area (Å²) in [5.41, 5.74) is 5.25. The van der Waals surface area contributed by atoms with Crippen LogP contribution in [0.3, 0.4) is 0 Å². The number of hydrogen-bond acceptors (Lipinski definition) is 7. The Bertz CT molecular complexity index is 578. The molecule has 1 aromatic rings. The van der Waals surface area contributed by atoms with Crippen LogP contribution in [0.25, 0.3) is 0 Å². The summed E-state index contributed by atoms with van der Waals surface area (Å²) < 4.78 is 5.84. The summed E-state index contributed by atoms with van der Waals surface area (Å²) in [5, 5.41) is 0. The third kappa shape index (κ3) is 5.02. The molecule has 0 aliphatic carbocycles. The number of carbonyl (C=O) groups excluding carboxylic acids is 1. The van der Waals surface area contributed by atoms with Crippen LogP contribution >= 0.6 is 0 Å². The van der Waals surface area contributed by atoms with E-state index >= 15 is 0 Å². The number of amides is 1. The number of rotatable bonds is 6. The third-order valence-corrected chi connectivity index (χ3v) is 4.72. The smallest absolute Gasteiger partial charge is 0.231 e.